The van der Waals surface area contributed by atoms with Gasteiger partial charge in [0.05, 0.1) is 30.3 Å². The highest BCUT2D eigenvalue weighted by Gasteiger charge is 2.42. The van der Waals surface area contributed by atoms with Gasteiger partial charge in [0, 0.05) is 52.6 Å². The van der Waals surface area contributed by atoms with E-state index in [4.69, 9.17) is 23.7 Å². The molecule has 0 radical (unpaired) electrons. The molecule has 2 fully saturated rings. The van der Waals surface area contributed by atoms with E-state index in [2.05, 4.69) is 74.5 Å². The molecule has 0 amide bonds. The number of methoxy groups -OCH3 is 4. The zero-order valence-electron chi connectivity index (χ0n) is 30.7. The highest BCUT2D eigenvalue weighted by atomic mass is 16.6. The predicted octanol–water partition coefficient (Wildman–Crippen LogP) is 8.53. The van der Waals surface area contributed by atoms with E-state index in [-0.39, 0.29) is 60.2 Å². The molecular formula is C38H68O6. The minimum absolute atomic E-state index is 0.0274. The van der Waals surface area contributed by atoms with Gasteiger partial charge in [-0.2, -0.15) is 0 Å². The van der Waals surface area contributed by atoms with E-state index in [1.165, 1.54) is 24.8 Å². The van der Waals surface area contributed by atoms with E-state index in [1.807, 2.05) is 21.1 Å². The van der Waals surface area contributed by atoms with Crippen LogP contribution in [0.4, 0.5) is 0 Å². The van der Waals surface area contributed by atoms with Crippen LogP contribution in [0.5, 0.6) is 0 Å². The van der Waals surface area contributed by atoms with Gasteiger partial charge in [-0.25, -0.2) is 0 Å². The van der Waals surface area contributed by atoms with Crippen LogP contribution in [-0.4, -0.2) is 64.9 Å². The van der Waals surface area contributed by atoms with E-state index in [0.717, 1.165) is 29.7 Å². The Morgan fingerprint density at radius 1 is 0.886 bits per heavy atom. The number of ether oxygens (including phenoxy) is 5. The van der Waals surface area contributed by atoms with Crippen LogP contribution in [0.1, 0.15) is 101 Å². The summed E-state index contributed by atoms with van der Waals surface area (Å²) >= 11 is 0. The third kappa shape index (κ3) is 10.1. The molecule has 1 heterocycles. The lowest BCUT2D eigenvalue weighted by atomic mass is 9.67. The summed E-state index contributed by atoms with van der Waals surface area (Å²) in [7, 11) is 7.11. The van der Waals surface area contributed by atoms with E-state index >= 15 is 0 Å². The lowest BCUT2D eigenvalue weighted by Crippen LogP contribution is -2.48. The van der Waals surface area contributed by atoms with Gasteiger partial charge in [0.25, 0.3) is 0 Å². The third-order valence-electron chi connectivity index (χ3n) is 11.3. The highest BCUT2D eigenvalue weighted by molar-refractivity contribution is 5.73. The monoisotopic (exact) mass is 621 g/mol. The highest BCUT2D eigenvalue weighted by Crippen LogP contribution is 2.41. The molecule has 1 saturated carbocycles. The molecule has 6 nitrogen and oxygen atoms in total. The van der Waals surface area contributed by atoms with Crippen molar-refractivity contribution in [1.82, 2.24) is 0 Å². The molecule has 1 aliphatic carbocycles. The molecule has 2 aliphatic rings. The molecule has 1 aliphatic heterocycles. The number of rotatable bonds is 16. The average molecular weight is 621 g/mol. The van der Waals surface area contributed by atoms with Gasteiger partial charge in [0.15, 0.2) is 0 Å². The van der Waals surface area contributed by atoms with Crippen molar-refractivity contribution in [1.29, 1.82) is 0 Å². The van der Waals surface area contributed by atoms with Crippen molar-refractivity contribution >= 4 is 5.97 Å². The summed E-state index contributed by atoms with van der Waals surface area (Å²) in [6.45, 7) is 22.4. The SMILES string of the molecule is COC(CC1OC(=O)[C@H](C)C(OC)[C@H]1C)/C(C)=C\[C@H](C)C(OC)[C@@H](C)/C=C(/C)C[C@H](C)C(OC)[C@H](C)[C@H]1C[C@@H](C)CC[C@@H]1C. The predicted molar refractivity (Wildman–Crippen MR) is 180 cm³/mol. The van der Waals surface area contributed by atoms with Gasteiger partial charge in [-0.05, 0) is 68.8 Å². The van der Waals surface area contributed by atoms with Crippen molar-refractivity contribution in [3.8, 4) is 0 Å². The van der Waals surface area contributed by atoms with Gasteiger partial charge in [-0.1, -0.05) is 79.0 Å². The molecule has 44 heavy (non-hydrogen) atoms. The van der Waals surface area contributed by atoms with Gasteiger partial charge in [-0.3, -0.25) is 4.79 Å². The van der Waals surface area contributed by atoms with Crippen molar-refractivity contribution in [2.45, 2.75) is 132 Å². The maximum absolute atomic E-state index is 12.5. The second-order valence-corrected chi connectivity index (χ2v) is 14.9. The van der Waals surface area contributed by atoms with Crippen molar-refractivity contribution in [3.05, 3.63) is 23.3 Å². The fourth-order valence-corrected chi connectivity index (χ4v) is 8.80. The Morgan fingerprint density at radius 3 is 2.07 bits per heavy atom. The minimum Gasteiger partial charge on any atom is -0.462 e. The standard InChI is InChI=1S/C38H68O6/c1-22-15-16-24(3)32(19-22)29(8)36(42-13)27(6)18-23(2)17-26(5)35(41-12)28(7)20-25(4)33(40-11)21-34-30(9)37(43-14)31(10)38(39)44-34/h17,20,22,24,26-37H,15-16,18-19,21H2,1-14H3/b23-17-,25-20-/t22-,24-,26-,27-,28-,29+,30-,31+,32-,33?,34?,35?,36?,37?/m0/s1. The number of carbonyl (C=O) groups is 1. The maximum Gasteiger partial charge on any atom is 0.311 e. The number of cyclic esters (lactones) is 1. The molecule has 14 atom stereocenters. The van der Waals surface area contributed by atoms with Crippen molar-refractivity contribution in [2.24, 2.45) is 53.3 Å². The summed E-state index contributed by atoms with van der Waals surface area (Å²) in [6, 6.07) is 0. The Labute approximate surface area is 271 Å². The second kappa shape index (κ2) is 18.2. The van der Waals surface area contributed by atoms with E-state index in [1.54, 1.807) is 14.2 Å². The van der Waals surface area contributed by atoms with Crippen LogP contribution in [0.15, 0.2) is 23.3 Å². The number of allylic oxidation sites excluding steroid dienone is 1. The summed E-state index contributed by atoms with van der Waals surface area (Å²) < 4.78 is 29.7. The van der Waals surface area contributed by atoms with Gasteiger partial charge >= 0.3 is 5.97 Å². The third-order valence-corrected chi connectivity index (χ3v) is 11.3. The molecular weight excluding hydrogens is 552 g/mol. The number of carbonyl (C=O) groups excluding carboxylic acids is 1. The number of hydrogen-bond acceptors (Lipinski definition) is 6. The average Bonchev–Trinajstić information content (AvgIpc) is 2.96. The Morgan fingerprint density at radius 2 is 1.50 bits per heavy atom. The van der Waals surface area contributed by atoms with Gasteiger partial charge in [-0.15, -0.1) is 0 Å². The van der Waals surface area contributed by atoms with Crippen LogP contribution >= 0.6 is 0 Å². The van der Waals surface area contributed by atoms with E-state index < -0.39 is 0 Å². The zero-order chi connectivity index (χ0) is 33.3. The molecule has 0 bridgehead atoms. The van der Waals surface area contributed by atoms with Crippen LogP contribution in [0, 0.1) is 53.3 Å². The molecule has 0 spiro atoms. The Hall–Kier alpha value is -1.21. The van der Waals surface area contributed by atoms with E-state index in [0.29, 0.717) is 18.3 Å². The Kier molecular flexibility index (Phi) is 16.1. The molecule has 1 saturated heterocycles. The first-order valence-corrected chi connectivity index (χ1v) is 17.4. The van der Waals surface area contributed by atoms with Crippen LogP contribution in [0.25, 0.3) is 0 Å². The maximum atomic E-state index is 12.5. The molecule has 0 aromatic carbocycles. The van der Waals surface area contributed by atoms with Crippen LogP contribution in [0.2, 0.25) is 0 Å². The normalized spacial score (nSPS) is 33.6. The molecule has 2 rings (SSSR count). The lowest BCUT2D eigenvalue weighted by Gasteiger charge is -2.41. The second-order valence-electron chi connectivity index (χ2n) is 14.9. The fraction of sp³-hybridized carbons (Fsp3) is 0.868. The molecule has 5 unspecified atom stereocenters. The molecule has 0 aromatic rings. The molecule has 0 N–H and O–H groups in total. The Bertz CT molecular complexity index is 928. The van der Waals surface area contributed by atoms with Crippen molar-refractivity contribution in [2.75, 3.05) is 28.4 Å². The summed E-state index contributed by atoms with van der Waals surface area (Å²) in [5.41, 5.74) is 2.52. The Balaban J connectivity index is 2.07. The minimum atomic E-state index is -0.263. The smallest absolute Gasteiger partial charge is 0.311 e. The molecule has 6 heteroatoms. The van der Waals surface area contributed by atoms with Gasteiger partial charge in [0.1, 0.15) is 6.10 Å². The number of hydrogen-bond donors (Lipinski definition) is 0. The number of esters is 1. The molecule has 0 aromatic heterocycles. The first-order valence-electron chi connectivity index (χ1n) is 17.4. The summed E-state index contributed by atoms with van der Waals surface area (Å²) in [5, 5.41) is 0. The summed E-state index contributed by atoms with van der Waals surface area (Å²) in [6.07, 6.45) is 10.0. The first kappa shape index (κ1) is 39.0. The zero-order valence-corrected chi connectivity index (χ0v) is 30.7. The topological polar surface area (TPSA) is 63.2 Å². The fourth-order valence-electron chi connectivity index (χ4n) is 8.80. The van der Waals surface area contributed by atoms with Crippen molar-refractivity contribution in [3.63, 3.8) is 0 Å². The quantitative estimate of drug-likeness (QED) is 0.127. The van der Waals surface area contributed by atoms with Crippen molar-refractivity contribution < 1.29 is 28.5 Å². The first-order chi connectivity index (χ1) is 20.7. The van der Waals surface area contributed by atoms with Gasteiger partial charge in [0.2, 0.25) is 0 Å². The van der Waals surface area contributed by atoms with E-state index in [9.17, 15) is 4.79 Å². The van der Waals surface area contributed by atoms with Crippen LogP contribution < -0.4 is 0 Å². The lowest BCUT2D eigenvalue weighted by molar-refractivity contribution is -0.182. The largest absolute Gasteiger partial charge is 0.462 e. The molecule has 256 valence electrons. The summed E-state index contributed by atoms with van der Waals surface area (Å²) in [4.78, 5) is 12.5. The summed E-state index contributed by atoms with van der Waals surface area (Å²) in [5.74, 6) is 3.37. The van der Waals surface area contributed by atoms with Crippen LogP contribution in [0.3, 0.4) is 0 Å². The van der Waals surface area contributed by atoms with Gasteiger partial charge < -0.3 is 23.7 Å². The van der Waals surface area contributed by atoms with Crippen LogP contribution in [-0.2, 0) is 28.5 Å².